The first kappa shape index (κ1) is 23.1. The fourth-order valence-corrected chi connectivity index (χ4v) is 4.76. The molecule has 0 saturated carbocycles. The van der Waals surface area contributed by atoms with Gasteiger partial charge in [-0.1, -0.05) is 44.0 Å². The largest absolute Gasteiger partial charge is 0.372 e. The van der Waals surface area contributed by atoms with E-state index in [-0.39, 0.29) is 4.90 Å². The predicted octanol–water partition coefficient (Wildman–Crippen LogP) is 4.73. The number of unbranched alkanes of at least 4 members (excludes halogenated alkanes) is 2. The Balaban J connectivity index is 2.25. The maximum atomic E-state index is 13.2. The number of aldehydes is 1. The van der Waals surface area contributed by atoms with E-state index in [4.69, 9.17) is 0 Å². The minimum Gasteiger partial charge on any atom is -0.372 e. The molecular weight excluding hydrogens is 384 g/mol. The minimum atomic E-state index is -3.63. The first-order chi connectivity index (χ1) is 14.0. The third-order valence-corrected chi connectivity index (χ3v) is 6.95. The Hall–Kier alpha value is -2.18. The Morgan fingerprint density at radius 3 is 2.00 bits per heavy atom. The number of rotatable bonds is 12. The molecule has 0 bridgehead atoms. The van der Waals surface area contributed by atoms with Gasteiger partial charge in [-0.25, -0.2) is 8.42 Å². The lowest BCUT2D eigenvalue weighted by Crippen LogP contribution is -2.31. The van der Waals surface area contributed by atoms with E-state index in [9.17, 15) is 13.2 Å². The van der Waals surface area contributed by atoms with E-state index >= 15 is 0 Å². The molecule has 0 aromatic heterocycles. The van der Waals surface area contributed by atoms with Crippen LogP contribution in [0.2, 0.25) is 0 Å². The molecule has 2 aromatic rings. The zero-order valence-corrected chi connectivity index (χ0v) is 18.5. The molecule has 5 nitrogen and oxygen atoms in total. The van der Waals surface area contributed by atoms with Gasteiger partial charge in [0.25, 0.3) is 0 Å². The molecule has 0 spiro atoms. The van der Waals surface area contributed by atoms with Gasteiger partial charge >= 0.3 is 0 Å². The highest BCUT2D eigenvalue weighted by molar-refractivity contribution is 7.89. The highest BCUT2D eigenvalue weighted by Gasteiger charge is 2.24. The van der Waals surface area contributed by atoms with Crippen LogP contribution in [0.5, 0.6) is 0 Å². The molecule has 0 aliphatic heterocycles. The van der Waals surface area contributed by atoms with Gasteiger partial charge in [-0.3, -0.25) is 4.79 Å². The van der Waals surface area contributed by atoms with Crippen LogP contribution < -0.4 is 4.90 Å². The first-order valence-electron chi connectivity index (χ1n) is 10.4. The molecule has 0 saturated heterocycles. The lowest BCUT2D eigenvalue weighted by molar-refractivity contribution is 0.112. The topological polar surface area (TPSA) is 57.7 Å². The lowest BCUT2D eigenvalue weighted by Gasteiger charge is -2.24. The summed E-state index contributed by atoms with van der Waals surface area (Å²) in [6.07, 6.45) is 3.55. The van der Waals surface area contributed by atoms with Gasteiger partial charge in [0.1, 0.15) is 6.29 Å². The molecular formula is C23H32N2O3S. The number of carbonyl (C=O) groups is 1. The minimum absolute atomic E-state index is 0.222. The summed E-state index contributed by atoms with van der Waals surface area (Å²) in [5.41, 5.74) is 2.57. The second-order valence-electron chi connectivity index (χ2n) is 7.07. The normalized spacial score (nSPS) is 11.6. The van der Waals surface area contributed by atoms with Crippen LogP contribution in [0.4, 0.5) is 5.69 Å². The quantitative estimate of drug-likeness (QED) is 0.371. The Morgan fingerprint density at radius 1 is 0.862 bits per heavy atom. The fraction of sp³-hybridized carbons (Fsp3) is 0.435. The van der Waals surface area contributed by atoms with Gasteiger partial charge in [0.2, 0.25) is 10.0 Å². The van der Waals surface area contributed by atoms with Crippen molar-refractivity contribution < 1.29 is 13.2 Å². The Labute approximate surface area is 175 Å². The second kappa shape index (κ2) is 11.1. The van der Waals surface area contributed by atoms with Crippen molar-refractivity contribution in [2.45, 2.75) is 51.5 Å². The summed E-state index contributed by atoms with van der Waals surface area (Å²) in [6.45, 7) is 9.02. The molecule has 6 heteroatoms. The average molecular weight is 417 g/mol. The number of hydrogen-bond acceptors (Lipinski definition) is 4. The number of benzene rings is 2. The van der Waals surface area contributed by atoms with E-state index in [0.717, 1.165) is 43.6 Å². The highest BCUT2D eigenvalue weighted by Crippen LogP contribution is 2.22. The van der Waals surface area contributed by atoms with Crippen molar-refractivity contribution in [3.8, 4) is 0 Å². The third kappa shape index (κ3) is 6.15. The van der Waals surface area contributed by atoms with Crippen LogP contribution in [-0.4, -0.2) is 38.6 Å². The fourth-order valence-electron chi connectivity index (χ4n) is 3.29. The number of hydrogen-bond donors (Lipinski definition) is 0. The van der Waals surface area contributed by atoms with Gasteiger partial charge < -0.3 is 4.90 Å². The maximum absolute atomic E-state index is 13.2. The molecule has 2 rings (SSSR count). The molecule has 0 heterocycles. The second-order valence-corrected chi connectivity index (χ2v) is 9.01. The van der Waals surface area contributed by atoms with Crippen LogP contribution in [0.3, 0.4) is 0 Å². The summed E-state index contributed by atoms with van der Waals surface area (Å²) in [4.78, 5) is 13.4. The van der Waals surface area contributed by atoms with E-state index in [1.807, 2.05) is 12.1 Å². The summed E-state index contributed by atoms with van der Waals surface area (Å²) in [7, 11) is -3.63. The zero-order valence-electron chi connectivity index (χ0n) is 17.7. The SMILES string of the molecule is CCCCCN(Cc1ccc(N(CC)CC)cc1)S(=O)(=O)c1ccc(C=O)cc1. The molecule has 158 valence electrons. The molecule has 0 radical (unpaired) electrons. The molecule has 0 unspecified atom stereocenters. The van der Waals surface area contributed by atoms with Crippen LogP contribution in [0, 0.1) is 0 Å². The molecule has 0 aliphatic rings. The number of sulfonamides is 1. The van der Waals surface area contributed by atoms with Crippen molar-refractivity contribution in [2.24, 2.45) is 0 Å². The van der Waals surface area contributed by atoms with Crippen LogP contribution in [0.1, 0.15) is 56.0 Å². The van der Waals surface area contributed by atoms with Gasteiger partial charge in [-0.05, 0) is 50.1 Å². The average Bonchev–Trinajstić information content (AvgIpc) is 2.75. The molecule has 0 amide bonds. The van der Waals surface area contributed by atoms with Gasteiger partial charge in [0.05, 0.1) is 4.90 Å². The third-order valence-electron chi connectivity index (χ3n) is 5.09. The smallest absolute Gasteiger partial charge is 0.243 e. The molecule has 0 atom stereocenters. The number of carbonyl (C=O) groups excluding carboxylic acids is 1. The molecule has 0 aliphatic carbocycles. The molecule has 29 heavy (non-hydrogen) atoms. The highest BCUT2D eigenvalue weighted by atomic mass is 32.2. The number of anilines is 1. The number of nitrogens with zero attached hydrogens (tertiary/aromatic N) is 2. The van der Waals surface area contributed by atoms with Crippen LogP contribution in [0.15, 0.2) is 53.4 Å². The van der Waals surface area contributed by atoms with Crippen LogP contribution >= 0.6 is 0 Å². The Morgan fingerprint density at radius 2 is 1.48 bits per heavy atom. The monoisotopic (exact) mass is 416 g/mol. The summed E-state index contributed by atoms with van der Waals surface area (Å²) in [6, 6.07) is 14.2. The molecule has 2 aromatic carbocycles. The van der Waals surface area contributed by atoms with Gasteiger partial charge in [0.15, 0.2) is 0 Å². The lowest BCUT2D eigenvalue weighted by atomic mass is 10.2. The predicted molar refractivity (Wildman–Crippen MR) is 119 cm³/mol. The van der Waals surface area contributed by atoms with Crippen molar-refractivity contribution in [3.05, 3.63) is 59.7 Å². The van der Waals surface area contributed by atoms with E-state index in [1.54, 1.807) is 16.4 Å². The van der Waals surface area contributed by atoms with Crippen LogP contribution in [-0.2, 0) is 16.6 Å². The Kier molecular flexibility index (Phi) is 8.86. The van der Waals surface area contributed by atoms with Crippen molar-refractivity contribution in [1.29, 1.82) is 0 Å². The van der Waals surface area contributed by atoms with Crippen molar-refractivity contribution in [2.75, 3.05) is 24.5 Å². The molecule has 0 fully saturated rings. The summed E-state index contributed by atoms with van der Waals surface area (Å²) in [5, 5.41) is 0. The maximum Gasteiger partial charge on any atom is 0.243 e. The van der Waals surface area contributed by atoms with Crippen LogP contribution in [0.25, 0.3) is 0 Å². The van der Waals surface area contributed by atoms with E-state index in [1.165, 1.54) is 12.1 Å². The van der Waals surface area contributed by atoms with E-state index in [2.05, 4.69) is 37.8 Å². The van der Waals surface area contributed by atoms with Crippen molar-refractivity contribution >= 4 is 22.0 Å². The van der Waals surface area contributed by atoms with Gasteiger partial charge in [-0.15, -0.1) is 0 Å². The standard InChI is InChI=1S/C23H32N2O3S/c1-4-7-8-17-25(29(27,28)23-15-11-21(19-26)12-16-23)18-20-9-13-22(14-10-20)24(5-2)6-3/h9-16,19H,4-8,17-18H2,1-3H3. The Bertz CT molecular complexity index is 858. The van der Waals surface area contributed by atoms with Gasteiger partial charge in [-0.2, -0.15) is 4.31 Å². The summed E-state index contributed by atoms with van der Waals surface area (Å²) < 4.78 is 28.0. The summed E-state index contributed by atoms with van der Waals surface area (Å²) >= 11 is 0. The van der Waals surface area contributed by atoms with Crippen molar-refractivity contribution in [1.82, 2.24) is 4.31 Å². The zero-order chi connectivity index (χ0) is 21.3. The summed E-state index contributed by atoms with van der Waals surface area (Å²) in [5.74, 6) is 0. The van der Waals surface area contributed by atoms with Crippen molar-refractivity contribution in [3.63, 3.8) is 0 Å². The molecule has 0 N–H and O–H groups in total. The van der Waals surface area contributed by atoms with Gasteiger partial charge in [0, 0.05) is 37.4 Å². The van der Waals surface area contributed by atoms with E-state index in [0.29, 0.717) is 24.9 Å². The van der Waals surface area contributed by atoms with E-state index < -0.39 is 10.0 Å². The first-order valence-corrected chi connectivity index (χ1v) is 11.8.